The molecule has 0 aliphatic carbocycles. The first-order valence-electron chi connectivity index (χ1n) is 11.5. The minimum Gasteiger partial charge on any atom is -0.379 e. The first-order valence-corrected chi connectivity index (χ1v) is 11.5. The van der Waals surface area contributed by atoms with E-state index in [0.29, 0.717) is 6.10 Å². The minimum atomic E-state index is 0.313. The van der Waals surface area contributed by atoms with Crippen molar-refractivity contribution in [2.75, 3.05) is 72.7 Å². The van der Waals surface area contributed by atoms with Crippen LogP contribution in [-0.4, -0.2) is 94.5 Å². The van der Waals surface area contributed by atoms with Crippen molar-refractivity contribution in [1.29, 1.82) is 0 Å². The van der Waals surface area contributed by atoms with Gasteiger partial charge in [0.25, 0.3) is 0 Å². The van der Waals surface area contributed by atoms with Gasteiger partial charge in [0.05, 0.1) is 12.7 Å². The summed E-state index contributed by atoms with van der Waals surface area (Å²) in [5, 5.41) is 6.80. The molecule has 2 N–H and O–H groups in total. The van der Waals surface area contributed by atoms with Gasteiger partial charge in [-0.15, -0.1) is 0 Å². The highest BCUT2D eigenvalue weighted by Gasteiger charge is 2.17. The van der Waals surface area contributed by atoms with Gasteiger partial charge in [-0.1, -0.05) is 30.3 Å². The topological polar surface area (TPSA) is 61.4 Å². The number of ether oxygens (including phenoxy) is 2. The molecule has 2 aliphatic rings. The van der Waals surface area contributed by atoms with Gasteiger partial charge in [-0.2, -0.15) is 0 Å². The Hall–Kier alpha value is -1.67. The normalized spacial score (nSPS) is 21.1. The smallest absolute Gasteiger partial charge is 0.191 e. The highest BCUT2D eigenvalue weighted by atomic mass is 16.5. The second-order valence-corrected chi connectivity index (χ2v) is 8.09. The lowest BCUT2D eigenvalue weighted by Crippen LogP contribution is -2.49. The molecule has 0 amide bonds. The van der Waals surface area contributed by atoms with Gasteiger partial charge < -0.3 is 20.1 Å². The van der Waals surface area contributed by atoms with Crippen molar-refractivity contribution in [1.82, 2.24) is 20.4 Å². The van der Waals surface area contributed by atoms with Crippen LogP contribution in [0.15, 0.2) is 35.3 Å². The molecule has 2 heterocycles. The second kappa shape index (κ2) is 13.6. The van der Waals surface area contributed by atoms with Crippen LogP contribution in [-0.2, 0) is 16.0 Å². The number of guanidine groups is 1. The van der Waals surface area contributed by atoms with Crippen molar-refractivity contribution in [2.24, 2.45) is 4.99 Å². The molecule has 1 atom stereocenters. The van der Waals surface area contributed by atoms with Gasteiger partial charge in [0.1, 0.15) is 0 Å². The fourth-order valence-electron chi connectivity index (χ4n) is 3.94. The van der Waals surface area contributed by atoms with Crippen LogP contribution in [0.4, 0.5) is 0 Å². The summed E-state index contributed by atoms with van der Waals surface area (Å²) in [6.07, 6.45) is 3.59. The minimum absolute atomic E-state index is 0.313. The number of piperazine rings is 1. The van der Waals surface area contributed by atoms with Crippen molar-refractivity contribution < 1.29 is 9.47 Å². The average molecular weight is 418 g/mol. The van der Waals surface area contributed by atoms with Gasteiger partial charge in [0.15, 0.2) is 5.96 Å². The molecule has 0 aromatic heterocycles. The van der Waals surface area contributed by atoms with Crippen LogP contribution in [0.3, 0.4) is 0 Å². The molecule has 30 heavy (non-hydrogen) atoms. The number of aliphatic imine (C=N–C) groups is 1. The third-order valence-corrected chi connectivity index (χ3v) is 5.74. The van der Waals surface area contributed by atoms with Crippen LogP contribution in [0, 0.1) is 0 Å². The van der Waals surface area contributed by atoms with E-state index in [1.807, 2.05) is 7.05 Å². The SMILES string of the molecule is CN=C(NCCCOCC1CCCO1)NCCN1CCN(Cc2ccccc2)CC1. The maximum Gasteiger partial charge on any atom is 0.191 e. The van der Waals surface area contributed by atoms with E-state index >= 15 is 0 Å². The maximum atomic E-state index is 5.70. The molecular formula is C23H39N5O2. The van der Waals surface area contributed by atoms with Gasteiger partial charge in [-0.05, 0) is 24.8 Å². The number of hydrogen-bond acceptors (Lipinski definition) is 5. The van der Waals surface area contributed by atoms with Crippen molar-refractivity contribution in [2.45, 2.75) is 31.9 Å². The summed E-state index contributed by atoms with van der Waals surface area (Å²) >= 11 is 0. The van der Waals surface area contributed by atoms with E-state index in [-0.39, 0.29) is 0 Å². The number of nitrogens with one attached hydrogen (secondary N) is 2. The molecule has 168 valence electrons. The Morgan fingerprint density at radius 3 is 2.60 bits per heavy atom. The molecule has 0 spiro atoms. The second-order valence-electron chi connectivity index (χ2n) is 8.09. The largest absolute Gasteiger partial charge is 0.379 e. The molecule has 3 rings (SSSR count). The summed E-state index contributed by atoms with van der Waals surface area (Å²) in [5.74, 6) is 0.872. The third kappa shape index (κ3) is 8.60. The summed E-state index contributed by atoms with van der Waals surface area (Å²) in [6.45, 7) is 10.8. The molecule has 0 bridgehead atoms. The van der Waals surface area contributed by atoms with Crippen LogP contribution in [0.1, 0.15) is 24.8 Å². The zero-order chi connectivity index (χ0) is 20.9. The van der Waals surface area contributed by atoms with Crippen LogP contribution in [0.25, 0.3) is 0 Å². The van der Waals surface area contributed by atoms with Crippen molar-refractivity contribution in [3.05, 3.63) is 35.9 Å². The summed E-state index contributed by atoms with van der Waals surface area (Å²) in [5.41, 5.74) is 1.40. The van der Waals surface area contributed by atoms with Crippen LogP contribution >= 0.6 is 0 Å². The number of hydrogen-bond donors (Lipinski definition) is 2. The first-order chi connectivity index (χ1) is 14.8. The fraction of sp³-hybridized carbons (Fsp3) is 0.696. The van der Waals surface area contributed by atoms with Crippen LogP contribution < -0.4 is 10.6 Å². The van der Waals surface area contributed by atoms with Crippen molar-refractivity contribution in [3.63, 3.8) is 0 Å². The van der Waals surface area contributed by atoms with E-state index in [1.54, 1.807) is 0 Å². The van der Waals surface area contributed by atoms with E-state index in [9.17, 15) is 0 Å². The van der Waals surface area contributed by atoms with E-state index in [1.165, 1.54) is 12.0 Å². The Bertz CT molecular complexity index is 599. The summed E-state index contributed by atoms with van der Waals surface area (Å²) in [4.78, 5) is 9.39. The van der Waals surface area contributed by atoms with Gasteiger partial charge in [0, 0.05) is 72.6 Å². The molecule has 2 fully saturated rings. The number of nitrogens with zero attached hydrogens (tertiary/aromatic N) is 3. The lowest BCUT2D eigenvalue weighted by Gasteiger charge is -2.34. The molecule has 1 aromatic carbocycles. The molecule has 0 radical (unpaired) electrons. The van der Waals surface area contributed by atoms with Crippen molar-refractivity contribution >= 4 is 5.96 Å². The average Bonchev–Trinajstić information content (AvgIpc) is 3.30. The van der Waals surface area contributed by atoms with Gasteiger partial charge >= 0.3 is 0 Å². The molecule has 2 saturated heterocycles. The van der Waals surface area contributed by atoms with Crippen molar-refractivity contribution in [3.8, 4) is 0 Å². The summed E-state index contributed by atoms with van der Waals surface area (Å²) in [6, 6.07) is 10.8. The van der Waals surface area contributed by atoms with Crippen LogP contribution in [0.2, 0.25) is 0 Å². The standard InChI is InChI=1S/C23H39N5O2/c1-24-23(25-10-6-17-29-20-22-9-5-18-30-22)26-11-12-27-13-15-28(16-14-27)19-21-7-3-2-4-8-21/h2-4,7-8,22H,5-6,9-20H2,1H3,(H2,24,25,26). The maximum absolute atomic E-state index is 5.70. The predicted molar refractivity (Wildman–Crippen MR) is 122 cm³/mol. The molecule has 1 unspecified atom stereocenters. The zero-order valence-corrected chi connectivity index (χ0v) is 18.5. The first kappa shape index (κ1) is 23.0. The third-order valence-electron chi connectivity index (χ3n) is 5.74. The van der Waals surface area contributed by atoms with Gasteiger partial charge in [-0.25, -0.2) is 0 Å². The molecule has 0 saturated carbocycles. The molecular weight excluding hydrogens is 378 g/mol. The van der Waals surface area contributed by atoms with Crippen LogP contribution in [0.5, 0.6) is 0 Å². The molecule has 2 aliphatic heterocycles. The highest BCUT2D eigenvalue weighted by Crippen LogP contribution is 2.11. The quantitative estimate of drug-likeness (QED) is 0.324. The Labute approximate surface area is 181 Å². The Balaban J connectivity index is 1.19. The summed E-state index contributed by atoms with van der Waals surface area (Å²) in [7, 11) is 1.83. The van der Waals surface area contributed by atoms with E-state index in [2.05, 4.69) is 55.8 Å². The molecule has 7 nitrogen and oxygen atoms in total. The number of rotatable bonds is 11. The van der Waals surface area contributed by atoms with E-state index in [0.717, 1.165) is 91.0 Å². The molecule has 1 aromatic rings. The fourth-order valence-corrected chi connectivity index (χ4v) is 3.94. The van der Waals surface area contributed by atoms with Gasteiger partial charge in [0.2, 0.25) is 0 Å². The lowest BCUT2D eigenvalue weighted by atomic mass is 10.2. The predicted octanol–water partition coefficient (Wildman–Crippen LogP) is 1.55. The Kier molecular flexibility index (Phi) is 10.4. The Morgan fingerprint density at radius 1 is 1.10 bits per heavy atom. The Morgan fingerprint density at radius 2 is 1.87 bits per heavy atom. The number of benzene rings is 1. The molecule has 7 heteroatoms. The van der Waals surface area contributed by atoms with E-state index < -0.39 is 0 Å². The van der Waals surface area contributed by atoms with E-state index in [4.69, 9.17) is 9.47 Å². The van der Waals surface area contributed by atoms with Gasteiger partial charge in [-0.3, -0.25) is 14.8 Å². The summed E-state index contributed by atoms with van der Waals surface area (Å²) < 4.78 is 11.3. The lowest BCUT2D eigenvalue weighted by molar-refractivity contribution is 0.0168. The highest BCUT2D eigenvalue weighted by molar-refractivity contribution is 5.79. The zero-order valence-electron chi connectivity index (χ0n) is 18.5. The monoisotopic (exact) mass is 417 g/mol.